The second-order valence-electron chi connectivity index (χ2n) is 6.93. The summed E-state index contributed by atoms with van der Waals surface area (Å²) in [5.41, 5.74) is 1.54. The minimum atomic E-state index is -0.831. The molecule has 0 aliphatic carbocycles. The van der Waals surface area contributed by atoms with Crippen molar-refractivity contribution in [2.24, 2.45) is 5.92 Å². The molecule has 0 atom stereocenters. The van der Waals surface area contributed by atoms with Gasteiger partial charge in [-0.15, -0.1) is 11.3 Å². The van der Waals surface area contributed by atoms with Gasteiger partial charge in [0.15, 0.2) is 0 Å². The number of fused-ring (bicyclic) bond motifs is 1. The van der Waals surface area contributed by atoms with Crippen LogP contribution in [0.15, 0.2) is 35.7 Å². The van der Waals surface area contributed by atoms with Gasteiger partial charge >= 0.3 is 5.97 Å². The highest BCUT2D eigenvalue weighted by Gasteiger charge is 2.29. The van der Waals surface area contributed by atoms with Crippen LogP contribution in [-0.4, -0.2) is 39.5 Å². The molecule has 3 heterocycles. The number of carbonyl (C=O) groups is 2. The number of rotatable bonds is 4. The Morgan fingerprint density at radius 1 is 1.14 bits per heavy atom. The lowest BCUT2D eigenvalue weighted by molar-refractivity contribution is -0.143. The predicted molar refractivity (Wildman–Crippen MR) is 102 cm³/mol. The zero-order valence-corrected chi connectivity index (χ0v) is 15.7. The highest BCUT2D eigenvalue weighted by Crippen LogP contribution is 2.29. The number of likely N-dealkylation sites (tertiary alicyclic amines) is 1. The summed E-state index contributed by atoms with van der Waals surface area (Å²) in [5.74, 6) is -2.75. The van der Waals surface area contributed by atoms with Gasteiger partial charge in [0.25, 0.3) is 5.91 Å². The third kappa shape index (κ3) is 3.40. The Morgan fingerprint density at radius 3 is 2.57 bits per heavy atom. The number of carboxylic acids is 1. The summed E-state index contributed by atoms with van der Waals surface area (Å²) < 4.78 is 30.0. The Balaban J connectivity index is 1.64. The van der Waals surface area contributed by atoms with Gasteiger partial charge in [-0.2, -0.15) is 0 Å². The molecule has 5 nitrogen and oxygen atoms in total. The molecule has 0 bridgehead atoms. The van der Waals surface area contributed by atoms with E-state index in [-0.39, 0.29) is 12.5 Å². The first-order valence-electron chi connectivity index (χ1n) is 8.97. The first kappa shape index (κ1) is 18.6. The molecule has 3 aromatic rings. The van der Waals surface area contributed by atoms with Crippen LogP contribution in [0, 0.1) is 17.6 Å². The van der Waals surface area contributed by atoms with Crippen LogP contribution in [0.2, 0.25) is 0 Å². The number of aromatic nitrogens is 1. The number of amides is 1. The number of thiophene rings is 1. The van der Waals surface area contributed by atoms with E-state index in [0.717, 1.165) is 16.3 Å². The Bertz CT molecular complexity index is 1050. The van der Waals surface area contributed by atoms with Crippen molar-refractivity contribution < 1.29 is 23.5 Å². The molecule has 28 heavy (non-hydrogen) atoms. The number of piperidine rings is 1. The highest BCUT2D eigenvalue weighted by molar-refractivity contribution is 7.17. The number of carboxylic acid groups (broad SMARTS) is 1. The van der Waals surface area contributed by atoms with Crippen LogP contribution in [0.4, 0.5) is 8.78 Å². The normalized spacial score (nSPS) is 15.3. The Labute approximate surface area is 163 Å². The molecule has 1 aliphatic heterocycles. The monoisotopic (exact) mass is 404 g/mol. The first-order chi connectivity index (χ1) is 13.4. The molecule has 0 spiro atoms. The number of halogens is 2. The third-order valence-corrected chi connectivity index (χ3v) is 6.07. The summed E-state index contributed by atoms with van der Waals surface area (Å²) in [4.78, 5) is 25.9. The average molecular weight is 404 g/mol. The van der Waals surface area contributed by atoms with Crippen molar-refractivity contribution in [3.05, 3.63) is 58.6 Å². The van der Waals surface area contributed by atoms with Gasteiger partial charge < -0.3 is 14.6 Å². The van der Waals surface area contributed by atoms with Gasteiger partial charge in [-0.1, -0.05) is 6.07 Å². The van der Waals surface area contributed by atoms with Gasteiger partial charge in [-0.25, -0.2) is 8.78 Å². The van der Waals surface area contributed by atoms with E-state index in [0.29, 0.717) is 37.2 Å². The lowest BCUT2D eigenvalue weighted by Gasteiger charge is -2.30. The van der Waals surface area contributed by atoms with Crippen LogP contribution in [0.5, 0.6) is 0 Å². The summed E-state index contributed by atoms with van der Waals surface area (Å²) in [6.45, 7) is 0.859. The zero-order chi connectivity index (χ0) is 19.8. The van der Waals surface area contributed by atoms with E-state index >= 15 is 0 Å². The van der Waals surface area contributed by atoms with E-state index in [1.165, 1.54) is 23.5 Å². The minimum Gasteiger partial charge on any atom is -0.481 e. The van der Waals surface area contributed by atoms with Crippen molar-refractivity contribution in [3.63, 3.8) is 0 Å². The van der Waals surface area contributed by atoms with E-state index in [4.69, 9.17) is 5.11 Å². The van der Waals surface area contributed by atoms with Crippen LogP contribution in [0.1, 0.15) is 28.9 Å². The fourth-order valence-corrected chi connectivity index (χ4v) is 4.46. The van der Waals surface area contributed by atoms with Gasteiger partial charge in [-0.3, -0.25) is 9.59 Å². The fourth-order valence-electron chi connectivity index (χ4n) is 3.64. The maximum Gasteiger partial charge on any atom is 0.306 e. The average Bonchev–Trinajstić information content (AvgIpc) is 3.26. The molecule has 1 amide bonds. The van der Waals surface area contributed by atoms with Crippen molar-refractivity contribution in [2.75, 3.05) is 13.1 Å². The van der Waals surface area contributed by atoms with Crippen molar-refractivity contribution in [1.82, 2.24) is 9.47 Å². The van der Waals surface area contributed by atoms with Crippen LogP contribution < -0.4 is 0 Å². The van der Waals surface area contributed by atoms with Gasteiger partial charge in [0.2, 0.25) is 0 Å². The van der Waals surface area contributed by atoms with Gasteiger partial charge in [0, 0.05) is 24.7 Å². The molecule has 2 aromatic heterocycles. The maximum atomic E-state index is 14.2. The SMILES string of the molecule is O=C(O)C1CCN(C(=O)c2cc3sccc3n2Cc2ccc(F)cc2F)CC1. The Morgan fingerprint density at radius 2 is 1.89 bits per heavy atom. The molecule has 1 N–H and O–H groups in total. The first-order valence-corrected chi connectivity index (χ1v) is 9.84. The molecule has 0 saturated carbocycles. The maximum absolute atomic E-state index is 14.2. The molecule has 146 valence electrons. The molecule has 1 aliphatic rings. The topological polar surface area (TPSA) is 62.5 Å². The largest absolute Gasteiger partial charge is 0.481 e. The molecular formula is C20H18F2N2O3S. The van der Waals surface area contributed by atoms with Crippen LogP contribution >= 0.6 is 11.3 Å². The molecular weight excluding hydrogens is 386 g/mol. The number of hydrogen-bond acceptors (Lipinski definition) is 3. The molecule has 1 fully saturated rings. The lowest BCUT2D eigenvalue weighted by Crippen LogP contribution is -2.41. The summed E-state index contributed by atoms with van der Waals surface area (Å²) in [5, 5.41) is 11.0. The quantitative estimate of drug-likeness (QED) is 0.716. The van der Waals surface area contributed by atoms with Crippen LogP contribution in [0.3, 0.4) is 0 Å². The Kier molecular flexibility index (Phi) is 4.89. The smallest absolute Gasteiger partial charge is 0.306 e. The molecule has 0 unspecified atom stereocenters. The van der Waals surface area contributed by atoms with Crippen LogP contribution in [-0.2, 0) is 11.3 Å². The number of nitrogens with zero attached hydrogens (tertiary/aromatic N) is 2. The Hall–Kier alpha value is -2.74. The van der Waals surface area contributed by atoms with E-state index in [2.05, 4.69) is 0 Å². The summed E-state index contributed by atoms with van der Waals surface area (Å²) in [6, 6.07) is 7.07. The zero-order valence-electron chi connectivity index (χ0n) is 14.9. The number of benzene rings is 1. The van der Waals surface area contributed by atoms with Crippen LogP contribution in [0.25, 0.3) is 10.2 Å². The minimum absolute atomic E-state index is 0.110. The van der Waals surface area contributed by atoms with E-state index < -0.39 is 23.5 Å². The van der Waals surface area contributed by atoms with E-state index in [1.807, 2.05) is 11.4 Å². The second kappa shape index (κ2) is 7.35. The molecule has 4 rings (SSSR count). The van der Waals surface area contributed by atoms with Gasteiger partial charge in [0.05, 0.1) is 22.7 Å². The van der Waals surface area contributed by atoms with Crippen molar-refractivity contribution >= 4 is 33.4 Å². The van der Waals surface area contributed by atoms with E-state index in [9.17, 15) is 18.4 Å². The lowest BCUT2D eigenvalue weighted by atomic mass is 9.97. The fraction of sp³-hybridized carbons (Fsp3) is 0.300. The summed E-state index contributed by atoms with van der Waals surface area (Å²) in [7, 11) is 0. The number of carbonyl (C=O) groups excluding carboxylic acids is 1. The molecule has 1 aromatic carbocycles. The summed E-state index contributed by atoms with van der Waals surface area (Å²) >= 11 is 1.48. The number of hydrogen-bond donors (Lipinski definition) is 1. The van der Waals surface area contributed by atoms with Crippen molar-refractivity contribution in [2.45, 2.75) is 19.4 Å². The summed E-state index contributed by atoms with van der Waals surface area (Å²) in [6.07, 6.45) is 0.839. The van der Waals surface area contributed by atoms with Crippen molar-refractivity contribution in [3.8, 4) is 0 Å². The van der Waals surface area contributed by atoms with Crippen molar-refractivity contribution in [1.29, 1.82) is 0 Å². The highest BCUT2D eigenvalue weighted by atomic mass is 32.1. The standard InChI is InChI=1S/C20H18F2N2O3S/c21-14-2-1-13(15(22)9-14)11-24-16-5-8-28-18(16)10-17(24)19(25)23-6-3-12(4-7-23)20(26)27/h1-2,5,8-10,12H,3-4,6-7,11H2,(H,26,27). The molecule has 0 radical (unpaired) electrons. The van der Waals surface area contributed by atoms with Gasteiger partial charge in [0.1, 0.15) is 17.3 Å². The molecule has 1 saturated heterocycles. The van der Waals surface area contributed by atoms with E-state index in [1.54, 1.807) is 15.5 Å². The predicted octanol–water partition coefficient (Wildman–Crippen LogP) is 3.97. The number of aliphatic carboxylic acids is 1. The molecule has 8 heteroatoms. The second-order valence-corrected chi connectivity index (χ2v) is 7.87. The van der Waals surface area contributed by atoms with Gasteiger partial charge in [-0.05, 0) is 36.4 Å². The third-order valence-electron chi connectivity index (χ3n) is 5.22.